The topological polar surface area (TPSA) is 210 Å². The summed E-state index contributed by atoms with van der Waals surface area (Å²) >= 11 is 0. The van der Waals surface area contributed by atoms with Crippen LogP contribution < -0.4 is 21.2 Å². The molecule has 5 aliphatic rings. The van der Waals surface area contributed by atoms with Gasteiger partial charge in [-0.3, -0.25) is 38.4 Å². The predicted octanol–water partition coefficient (Wildman–Crippen LogP) is 6.11. The number of aliphatic carboxylic acids is 1. The van der Waals surface area contributed by atoms with Crippen LogP contribution in [0.1, 0.15) is 79.8 Å². The second-order valence-electron chi connectivity index (χ2n) is 19.1. The average Bonchev–Trinajstić information content (AvgIpc) is 3.92. The normalized spacial score (nSPS) is 21.4. The van der Waals surface area contributed by atoms with Crippen LogP contribution in [0.5, 0.6) is 5.75 Å². The zero-order valence-corrected chi connectivity index (χ0v) is 38.9. The molecule has 17 nitrogen and oxygen atoms in total. The van der Waals surface area contributed by atoms with Crippen LogP contribution in [0.15, 0.2) is 65.8 Å². The maximum absolute atomic E-state index is 14.3. The quantitative estimate of drug-likeness (QED) is 0.0658. The third-order valence-electron chi connectivity index (χ3n) is 14.8. The van der Waals surface area contributed by atoms with Crippen molar-refractivity contribution in [1.29, 1.82) is 0 Å². The molecule has 6 aromatic rings. The van der Waals surface area contributed by atoms with Gasteiger partial charge in [0.15, 0.2) is 17.4 Å². The number of fused-ring (bicyclic) bond motifs is 5. The van der Waals surface area contributed by atoms with Crippen molar-refractivity contribution in [1.82, 2.24) is 44.4 Å². The van der Waals surface area contributed by atoms with Gasteiger partial charge in [-0.2, -0.15) is 22.7 Å². The minimum absolute atomic E-state index is 0.164. The molecule has 72 heavy (non-hydrogen) atoms. The Kier molecular flexibility index (Phi) is 13.4. The molecule has 2 aliphatic heterocycles. The fourth-order valence-electron chi connectivity index (χ4n) is 10.5. The number of carboxylic acids is 1. The highest BCUT2D eigenvalue weighted by Gasteiger charge is 2.50. The molecule has 1 atom stereocenters. The van der Waals surface area contributed by atoms with E-state index in [0.717, 1.165) is 117 Å². The Morgan fingerprint density at radius 2 is 1.56 bits per heavy atom. The summed E-state index contributed by atoms with van der Waals surface area (Å²) in [7, 11) is 1.71. The lowest BCUT2D eigenvalue weighted by molar-refractivity contribution is -0.192. The van der Waals surface area contributed by atoms with Gasteiger partial charge in [-0.25, -0.2) is 28.3 Å². The summed E-state index contributed by atoms with van der Waals surface area (Å²) in [6.45, 7) is 4.59. The van der Waals surface area contributed by atoms with Crippen molar-refractivity contribution in [3.63, 3.8) is 0 Å². The van der Waals surface area contributed by atoms with E-state index in [4.69, 9.17) is 25.0 Å². The zero-order chi connectivity index (χ0) is 51.3. The fraction of sp³-hybridized carbons (Fsp3) is 0.429. The molecular weight excluding hydrogens is 955 g/mol. The Balaban J connectivity index is 0.000000853. The second kappa shape index (κ2) is 19.4. The summed E-state index contributed by atoms with van der Waals surface area (Å²) < 4.78 is 79.0. The number of phenols is 1. The molecule has 3 aromatic carbocycles. The second-order valence-corrected chi connectivity index (χ2v) is 19.1. The first-order valence-electron chi connectivity index (χ1n) is 23.5. The Bertz CT molecular complexity index is 3140. The van der Waals surface area contributed by atoms with Crippen molar-refractivity contribution in [3.05, 3.63) is 100 Å². The number of alkyl halides is 3. The van der Waals surface area contributed by atoms with Crippen LogP contribution in [0, 0.1) is 22.9 Å². The number of imidazole rings is 1. The van der Waals surface area contributed by atoms with Crippen LogP contribution in [0.3, 0.4) is 0 Å². The van der Waals surface area contributed by atoms with Gasteiger partial charge in [0.25, 0.3) is 5.91 Å². The minimum atomic E-state index is -5.08. The van der Waals surface area contributed by atoms with E-state index in [-0.39, 0.29) is 35.5 Å². The number of aromatic nitrogens is 6. The number of imide groups is 1. The molecule has 3 aliphatic carbocycles. The van der Waals surface area contributed by atoms with Gasteiger partial charge in [0.05, 0.1) is 27.7 Å². The first kappa shape index (κ1) is 49.7. The molecule has 5 fully saturated rings. The van der Waals surface area contributed by atoms with E-state index < -0.39 is 58.8 Å². The Labute approximate surface area is 406 Å². The maximum Gasteiger partial charge on any atom is 0.490 e. The van der Waals surface area contributed by atoms with Crippen molar-refractivity contribution >= 4 is 51.6 Å². The maximum atomic E-state index is 14.3. The van der Waals surface area contributed by atoms with Gasteiger partial charge in [0.1, 0.15) is 6.04 Å². The monoisotopic (exact) mass is 1000 g/mol. The third-order valence-corrected chi connectivity index (χ3v) is 14.8. The van der Waals surface area contributed by atoms with Crippen molar-refractivity contribution in [3.8, 4) is 16.9 Å². The van der Waals surface area contributed by atoms with Crippen LogP contribution in [0.25, 0.3) is 33.1 Å². The average molecular weight is 1000 g/mol. The number of piperazine rings is 1. The highest BCUT2D eigenvalue weighted by Crippen LogP contribution is 2.55. The van der Waals surface area contributed by atoms with E-state index >= 15 is 0 Å². The number of anilines is 1. The van der Waals surface area contributed by atoms with E-state index in [2.05, 4.69) is 49.5 Å². The first-order chi connectivity index (χ1) is 34.2. The number of hydrogen-bond donors (Lipinski definition) is 4. The number of piperidine rings is 1. The Morgan fingerprint density at radius 1 is 0.875 bits per heavy atom. The van der Waals surface area contributed by atoms with Crippen LogP contribution in [-0.2, 0) is 33.4 Å². The number of aromatic hydroxyl groups is 1. The smallest absolute Gasteiger partial charge is 0.490 e. The largest absolute Gasteiger partial charge is 0.503 e. The Morgan fingerprint density at radius 3 is 2.21 bits per heavy atom. The van der Waals surface area contributed by atoms with Gasteiger partial charge >= 0.3 is 17.8 Å². The van der Waals surface area contributed by atoms with Gasteiger partial charge in [-0.15, -0.1) is 0 Å². The van der Waals surface area contributed by atoms with Crippen molar-refractivity contribution < 1.29 is 55.7 Å². The van der Waals surface area contributed by atoms with Crippen molar-refractivity contribution in [2.45, 2.75) is 82.0 Å². The summed E-state index contributed by atoms with van der Waals surface area (Å²) in [6.07, 6.45) is 8.01. The number of benzene rings is 3. The van der Waals surface area contributed by atoms with E-state index in [1.807, 2.05) is 30.6 Å². The van der Waals surface area contributed by atoms with Crippen LogP contribution >= 0.6 is 0 Å². The SMILES string of the molecule is Cn1c(=O)n([C@@H]2CCC(=O)NC2=O)c2ccc(CCCN3CCN(c4ncc(-c5ccc6cn(C78CCC(CNC(=O)c9cc(F)c(O)c(F)c9F)(CC7)CC8)nc6c5)cn4)CC3)cc21.O=C(O)C(F)(F)F. The molecule has 3 amide bonds. The number of rotatable bonds is 11. The lowest BCUT2D eigenvalue weighted by Crippen LogP contribution is -2.51. The summed E-state index contributed by atoms with van der Waals surface area (Å²) in [4.78, 5) is 73.2. The molecule has 4 N–H and O–H groups in total. The number of phenolic OH excluding ortho intramolecular Hbond substituents is 1. The highest BCUT2D eigenvalue weighted by molar-refractivity contribution is 6.00. The van der Waals surface area contributed by atoms with E-state index in [1.165, 1.54) is 4.57 Å². The standard InChI is InChI=1S/C47H49F3N10O5.C2HF3O2/c1-56-37-21-28(4-7-35(37)60(45(56)65)36-8-9-38(61)54-43(36)64)3-2-16-57-17-19-58(20-18-57)44-51-24-31(25-52-44)29-5-6-30-26-59(55-34(30)22-29)47-13-10-46(11-14-47,12-15-47)27-53-42(63)32-23-33(48)41(62)40(50)39(32)49;3-2(4,5)1(6)7/h4-7,21-26,36,62H,2-3,8-20,27H2,1H3,(H,53,63)(H,54,61,64);(H,6,7)/t36-,46?,47?;/m1./s1. The molecule has 3 saturated carbocycles. The van der Waals surface area contributed by atoms with Crippen LogP contribution in [0.4, 0.5) is 32.3 Å². The number of nitrogens with one attached hydrogen (secondary N) is 2. The van der Waals surface area contributed by atoms with Crippen LogP contribution in [-0.4, -0.2) is 113 Å². The molecule has 2 bridgehead atoms. The fourth-order valence-corrected chi connectivity index (χ4v) is 10.5. The molecule has 23 heteroatoms. The molecule has 0 radical (unpaired) electrons. The van der Waals surface area contributed by atoms with E-state index in [0.29, 0.717) is 24.0 Å². The number of aryl methyl sites for hydroxylation is 2. The Hall–Kier alpha value is -7.30. The van der Waals surface area contributed by atoms with Crippen LogP contribution in [0.2, 0.25) is 0 Å². The molecule has 0 spiro atoms. The summed E-state index contributed by atoms with van der Waals surface area (Å²) in [6, 6.07) is 12.0. The molecule has 11 rings (SSSR count). The number of hydrogen-bond acceptors (Lipinski definition) is 11. The lowest BCUT2D eigenvalue weighted by atomic mass is 9.57. The van der Waals surface area contributed by atoms with Gasteiger partial charge in [0, 0.05) is 75.7 Å². The van der Waals surface area contributed by atoms with Gasteiger partial charge < -0.3 is 20.4 Å². The molecule has 3 aromatic heterocycles. The minimum Gasteiger partial charge on any atom is -0.503 e. The highest BCUT2D eigenvalue weighted by atomic mass is 19.4. The zero-order valence-electron chi connectivity index (χ0n) is 38.9. The summed E-state index contributed by atoms with van der Waals surface area (Å²) in [5.41, 5.74) is 3.91. The third kappa shape index (κ3) is 9.72. The molecule has 2 saturated heterocycles. The van der Waals surface area contributed by atoms with Gasteiger partial charge in [-0.1, -0.05) is 18.2 Å². The number of nitrogens with zero attached hydrogens (tertiary/aromatic N) is 8. The number of carbonyl (C=O) groups is 4. The number of carboxylic acid groups (broad SMARTS) is 1. The van der Waals surface area contributed by atoms with E-state index in [9.17, 15) is 50.6 Å². The molecule has 380 valence electrons. The van der Waals surface area contributed by atoms with E-state index in [1.54, 1.807) is 11.6 Å². The first-order valence-corrected chi connectivity index (χ1v) is 23.5. The predicted molar refractivity (Wildman–Crippen MR) is 248 cm³/mol. The van der Waals surface area contributed by atoms with Crippen molar-refractivity contribution in [2.75, 3.05) is 44.2 Å². The summed E-state index contributed by atoms with van der Waals surface area (Å²) in [5, 5.41) is 27.6. The summed E-state index contributed by atoms with van der Waals surface area (Å²) in [5.74, 6) is -9.92. The molecule has 5 heterocycles. The van der Waals surface area contributed by atoms with Gasteiger partial charge in [0.2, 0.25) is 23.6 Å². The number of carbonyl (C=O) groups excluding carboxylic acids is 3. The molecular formula is C49H50F6N10O7. The molecule has 0 unspecified atom stereocenters. The number of halogens is 6. The lowest BCUT2D eigenvalue weighted by Gasteiger charge is -2.53. The van der Waals surface area contributed by atoms with Crippen molar-refractivity contribution in [2.24, 2.45) is 12.5 Å². The number of amides is 3. The van der Waals surface area contributed by atoms with Gasteiger partial charge in [-0.05, 0) is 105 Å².